The lowest BCUT2D eigenvalue weighted by atomic mass is 9.99. The van der Waals surface area contributed by atoms with Gasteiger partial charge in [-0.25, -0.2) is 4.79 Å². The Morgan fingerprint density at radius 2 is 1.55 bits per heavy atom. The summed E-state index contributed by atoms with van der Waals surface area (Å²) < 4.78 is 63.3. The van der Waals surface area contributed by atoms with E-state index in [0.717, 1.165) is 0 Å². The van der Waals surface area contributed by atoms with Gasteiger partial charge in [0.05, 0.1) is 19.1 Å². The Morgan fingerprint density at radius 3 is 1.95 bits per heavy atom. The summed E-state index contributed by atoms with van der Waals surface area (Å²) in [4.78, 5) is 22.3. The van der Waals surface area contributed by atoms with Crippen LogP contribution in [0.25, 0.3) is 0 Å². The van der Waals surface area contributed by atoms with Gasteiger partial charge in [0, 0.05) is 0 Å². The van der Waals surface area contributed by atoms with Gasteiger partial charge in [-0.15, -0.1) is 0 Å². The predicted molar refractivity (Wildman–Crippen MR) is 71.6 cm³/mol. The highest BCUT2D eigenvalue weighted by Crippen LogP contribution is 2.22. The quantitative estimate of drug-likeness (QED) is 0.384. The SMILES string of the molecule is CC(C)C(C)C(=O)OCCCCOC(=O)C(F)(F)S(=O)(=O)O. The number of alkyl halides is 2. The van der Waals surface area contributed by atoms with Gasteiger partial charge in [0.15, 0.2) is 0 Å². The van der Waals surface area contributed by atoms with Gasteiger partial charge in [-0.2, -0.15) is 17.2 Å². The fourth-order valence-electron chi connectivity index (χ4n) is 1.13. The number of hydrogen-bond acceptors (Lipinski definition) is 6. The van der Waals surface area contributed by atoms with Gasteiger partial charge in [0.1, 0.15) is 0 Å². The molecular weight excluding hydrogens is 326 g/mol. The molecule has 130 valence electrons. The Hall–Kier alpha value is -1.29. The third kappa shape index (κ3) is 6.22. The summed E-state index contributed by atoms with van der Waals surface area (Å²) in [7, 11) is -5.86. The molecule has 1 atom stereocenters. The van der Waals surface area contributed by atoms with E-state index in [2.05, 4.69) is 4.74 Å². The van der Waals surface area contributed by atoms with Crippen LogP contribution < -0.4 is 0 Å². The molecule has 0 heterocycles. The fraction of sp³-hybridized carbons (Fsp3) is 0.833. The second-order valence-electron chi connectivity index (χ2n) is 5.04. The number of ether oxygens (including phenoxy) is 2. The molecule has 0 aliphatic rings. The minimum atomic E-state index is -5.86. The summed E-state index contributed by atoms with van der Waals surface area (Å²) in [5, 5.41) is -4.99. The number of halogens is 2. The van der Waals surface area contributed by atoms with Crippen molar-refractivity contribution in [1.82, 2.24) is 0 Å². The normalized spacial score (nSPS) is 13.8. The number of carbonyl (C=O) groups excluding carboxylic acids is 2. The maximum absolute atomic E-state index is 12.8. The zero-order chi connectivity index (χ0) is 17.6. The van der Waals surface area contributed by atoms with E-state index in [0.29, 0.717) is 0 Å². The van der Waals surface area contributed by atoms with Gasteiger partial charge >= 0.3 is 27.3 Å². The topological polar surface area (TPSA) is 107 Å². The molecule has 0 amide bonds. The van der Waals surface area contributed by atoms with Crippen LogP contribution in [0.3, 0.4) is 0 Å². The van der Waals surface area contributed by atoms with E-state index in [-0.39, 0.29) is 37.3 Å². The van der Waals surface area contributed by atoms with Crippen molar-refractivity contribution in [2.75, 3.05) is 13.2 Å². The van der Waals surface area contributed by atoms with Gasteiger partial charge in [0.25, 0.3) is 0 Å². The molecule has 0 aromatic carbocycles. The van der Waals surface area contributed by atoms with E-state index in [4.69, 9.17) is 9.29 Å². The predicted octanol–water partition coefficient (Wildman–Crippen LogP) is 1.63. The molecule has 1 unspecified atom stereocenters. The molecule has 0 rings (SSSR count). The third-order valence-corrected chi connectivity index (χ3v) is 3.76. The van der Waals surface area contributed by atoms with Crippen molar-refractivity contribution in [2.45, 2.75) is 38.9 Å². The molecule has 1 N–H and O–H groups in total. The Balaban J connectivity index is 3.97. The number of carbonyl (C=O) groups is 2. The Morgan fingerprint density at radius 1 is 1.09 bits per heavy atom. The average Bonchev–Trinajstić information content (AvgIpc) is 2.39. The minimum Gasteiger partial charge on any atom is -0.465 e. The summed E-state index contributed by atoms with van der Waals surface area (Å²) >= 11 is 0. The lowest BCUT2D eigenvalue weighted by Crippen LogP contribution is -2.39. The van der Waals surface area contributed by atoms with Gasteiger partial charge in [0.2, 0.25) is 0 Å². The van der Waals surface area contributed by atoms with Crippen LogP contribution in [-0.2, 0) is 29.2 Å². The van der Waals surface area contributed by atoms with Crippen LogP contribution >= 0.6 is 0 Å². The Bertz CT molecular complexity index is 488. The van der Waals surface area contributed by atoms with Crippen molar-refractivity contribution in [3.8, 4) is 0 Å². The second kappa shape index (κ2) is 8.37. The number of unbranched alkanes of at least 4 members (excludes halogenated alkanes) is 1. The summed E-state index contributed by atoms with van der Waals surface area (Å²) in [5.41, 5.74) is 0. The van der Waals surface area contributed by atoms with Crippen molar-refractivity contribution < 1.29 is 40.8 Å². The smallest absolute Gasteiger partial charge is 0.465 e. The average molecular weight is 346 g/mol. The van der Waals surface area contributed by atoms with Crippen LogP contribution in [0.5, 0.6) is 0 Å². The molecule has 0 radical (unpaired) electrons. The molecular formula is C12H20F2O7S. The Labute approximate surface area is 127 Å². The zero-order valence-electron chi connectivity index (χ0n) is 12.5. The standard InChI is InChI=1S/C12H20F2O7S/c1-8(2)9(3)10(15)20-6-4-5-7-21-11(16)12(13,14)22(17,18)19/h8-9H,4-7H2,1-3H3,(H,17,18,19). The minimum absolute atomic E-state index is 0.0299. The first-order chi connectivity index (χ1) is 9.91. The molecule has 0 saturated heterocycles. The van der Waals surface area contributed by atoms with Crippen LogP contribution in [0, 0.1) is 11.8 Å². The first kappa shape index (κ1) is 20.7. The van der Waals surface area contributed by atoms with Crippen molar-refractivity contribution in [1.29, 1.82) is 0 Å². The number of rotatable bonds is 9. The third-order valence-electron chi connectivity index (χ3n) is 2.95. The van der Waals surface area contributed by atoms with Crippen LogP contribution in [0.2, 0.25) is 0 Å². The summed E-state index contributed by atoms with van der Waals surface area (Å²) in [6.45, 7) is 4.98. The first-order valence-corrected chi connectivity index (χ1v) is 8.04. The molecule has 0 saturated carbocycles. The zero-order valence-corrected chi connectivity index (χ0v) is 13.4. The number of esters is 2. The highest BCUT2D eigenvalue weighted by Gasteiger charge is 2.54. The van der Waals surface area contributed by atoms with Crippen LogP contribution in [0.15, 0.2) is 0 Å². The van der Waals surface area contributed by atoms with Crippen LogP contribution in [0.4, 0.5) is 8.78 Å². The molecule has 0 bridgehead atoms. The largest absolute Gasteiger partial charge is 0.465 e. The van der Waals surface area contributed by atoms with Crippen LogP contribution in [-0.4, -0.2) is 43.4 Å². The molecule has 0 fully saturated rings. The van der Waals surface area contributed by atoms with Gasteiger partial charge < -0.3 is 9.47 Å². The molecule has 0 aromatic heterocycles. The molecule has 0 spiro atoms. The lowest BCUT2D eigenvalue weighted by molar-refractivity contribution is -0.162. The van der Waals surface area contributed by atoms with Crippen molar-refractivity contribution in [2.24, 2.45) is 11.8 Å². The summed E-state index contributed by atoms with van der Waals surface area (Å²) in [6.07, 6.45) is 0.345. The first-order valence-electron chi connectivity index (χ1n) is 6.60. The molecule has 22 heavy (non-hydrogen) atoms. The van der Waals surface area contributed by atoms with E-state index in [1.54, 1.807) is 6.92 Å². The molecule has 7 nitrogen and oxygen atoms in total. The van der Waals surface area contributed by atoms with Gasteiger partial charge in [-0.1, -0.05) is 20.8 Å². The number of hydrogen-bond donors (Lipinski definition) is 1. The van der Waals surface area contributed by atoms with E-state index < -0.39 is 27.9 Å². The molecule has 0 aliphatic heterocycles. The van der Waals surface area contributed by atoms with Crippen LogP contribution in [0.1, 0.15) is 33.6 Å². The van der Waals surface area contributed by atoms with E-state index >= 15 is 0 Å². The lowest BCUT2D eigenvalue weighted by Gasteiger charge is -2.14. The van der Waals surface area contributed by atoms with Crippen molar-refractivity contribution in [3.63, 3.8) is 0 Å². The highest BCUT2D eigenvalue weighted by atomic mass is 32.2. The highest BCUT2D eigenvalue weighted by molar-refractivity contribution is 7.87. The van der Waals surface area contributed by atoms with Crippen molar-refractivity contribution in [3.05, 3.63) is 0 Å². The van der Waals surface area contributed by atoms with Crippen molar-refractivity contribution >= 4 is 22.1 Å². The second-order valence-corrected chi connectivity index (χ2v) is 6.50. The molecule has 0 aliphatic carbocycles. The molecule has 10 heteroatoms. The van der Waals surface area contributed by atoms with E-state index in [1.165, 1.54) is 0 Å². The summed E-state index contributed by atoms with van der Waals surface area (Å²) in [6, 6.07) is 0. The maximum atomic E-state index is 12.8. The monoisotopic (exact) mass is 346 g/mol. The van der Waals surface area contributed by atoms with E-state index in [9.17, 15) is 26.8 Å². The van der Waals surface area contributed by atoms with E-state index in [1.807, 2.05) is 13.8 Å². The molecule has 0 aromatic rings. The van der Waals surface area contributed by atoms with Gasteiger partial charge in [-0.05, 0) is 18.8 Å². The maximum Gasteiger partial charge on any atom is 0.465 e. The summed E-state index contributed by atoms with van der Waals surface area (Å²) in [5.74, 6) is -2.88. The Kier molecular flexibility index (Phi) is 7.88. The van der Waals surface area contributed by atoms with Gasteiger partial charge in [-0.3, -0.25) is 9.35 Å². The fourth-order valence-corrected chi connectivity index (χ4v) is 1.40.